The highest BCUT2D eigenvalue weighted by Crippen LogP contribution is 2.19. The summed E-state index contributed by atoms with van der Waals surface area (Å²) in [4.78, 5) is 24.0. The van der Waals surface area contributed by atoms with Crippen LogP contribution in [-0.2, 0) is 11.8 Å². The number of anilines is 2. The summed E-state index contributed by atoms with van der Waals surface area (Å²) in [5.41, 5.74) is 6.27. The zero-order chi connectivity index (χ0) is 17.9. The third-order valence-electron chi connectivity index (χ3n) is 2.93. The van der Waals surface area contributed by atoms with E-state index in [-0.39, 0.29) is 5.69 Å². The number of amides is 1. The lowest BCUT2D eigenvalue weighted by molar-refractivity contribution is 0.0634. The number of benzene rings is 1. The van der Waals surface area contributed by atoms with Gasteiger partial charge in [-0.1, -0.05) is 6.07 Å². The lowest BCUT2D eigenvalue weighted by Gasteiger charge is -2.19. The molecule has 0 radical (unpaired) electrons. The number of rotatable bonds is 3. The number of nitrogens with zero attached hydrogens (tertiary/aromatic N) is 1. The van der Waals surface area contributed by atoms with Gasteiger partial charge in [-0.25, -0.2) is 9.59 Å². The first-order valence-electron chi connectivity index (χ1n) is 7.38. The summed E-state index contributed by atoms with van der Waals surface area (Å²) >= 11 is 0. The Morgan fingerprint density at radius 1 is 1.21 bits per heavy atom. The predicted octanol–water partition coefficient (Wildman–Crippen LogP) is 3.17. The van der Waals surface area contributed by atoms with Crippen molar-refractivity contribution in [2.24, 2.45) is 7.05 Å². The molecule has 128 valence electrons. The van der Waals surface area contributed by atoms with E-state index in [0.29, 0.717) is 17.1 Å². The van der Waals surface area contributed by atoms with Gasteiger partial charge in [-0.05, 0) is 39.0 Å². The van der Waals surface area contributed by atoms with Crippen molar-refractivity contribution in [3.8, 4) is 5.75 Å². The quantitative estimate of drug-likeness (QED) is 0.511. The number of carbonyl (C=O) groups excluding carboxylic acids is 2. The number of carbonyl (C=O) groups is 2. The van der Waals surface area contributed by atoms with Crippen molar-refractivity contribution in [2.45, 2.75) is 26.4 Å². The standard InChI is InChI=1S/C17H21N3O4/c1-17(2,3)24-16(22)19-12-9-14(20(4)10-12)15(21)23-13-7-5-6-11(18)8-13/h5-10H,18H2,1-4H3,(H,19,22). The van der Waals surface area contributed by atoms with Gasteiger partial charge in [0, 0.05) is 25.0 Å². The molecule has 0 aliphatic carbocycles. The average Bonchev–Trinajstić information content (AvgIpc) is 2.77. The Morgan fingerprint density at radius 2 is 1.92 bits per heavy atom. The zero-order valence-electron chi connectivity index (χ0n) is 14.1. The minimum atomic E-state index is -0.603. The molecule has 0 aliphatic rings. The minimum absolute atomic E-state index is 0.281. The largest absolute Gasteiger partial charge is 0.444 e. The average molecular weight is 331 g/mol. The van der Waals surface area contributed by atoms with Crippen LogP contribution in [0.1, 0.15) is 31.3 Å². The summed E-state index contributed by atoms with van der Waals surface area (Å²) < 4.78 is 12.0. The van der Waals surface area contributed by atoms with Crippen molar-refractivity contribution < 1.29 is 19.1 Å². The highest BCUT2D eigenvalue weighted by molar-refractivity contribution is 5.93. The first-order valence-corrected chi connectivity index (χ1v) is 7.38. The van der Waals surface area contributed by atoms with Crippen LogP contribution in [0.25, 0.3) is 0 Å². The molecular weight excluding hydrogens is 310 g/mol. The number of esters is 1. The van der Waals surface area contributed by atoms with Crippen LogP contribution in [0.4, 0.5) is 16.2 Å². The fourth-order valence-electron chi connectivity index (χ4n) is 1.99. The van der Waals surface area contributed by atoms with E-state index in [9.17, 15) is 9.59 Å². The fraction of sp³-hybridized carbons (Fsp3) is 0.294. The molecule has 1 aromatic carbocycles. The molecule has 7 nitrogen and oxygen atoms in total. The molecule has 1 amide bonds. The zero-order valence-corrected chi connectivity index (χ0v) is 14.1. The third-order valence-corrected chi connectivity index (χ3v) is 2.93. The van der Waals surface area contributed by atoms with Gasteiger partial charge in [0.15, 0.2) is 0 Å². The van der Waals surface area contributed by atoms with Gasteiger partial charge in [0.2, 0.25) is 0 Å². The van der Waals surface area contributed by atoms with Gasteiger partial charge in [0.1, 0.15) is 17.0 Å². The van der Waals surface area contributed by atoms with Crippen LogP contribution in [0.2, 0.25) is 0 Å². The summed E-state index contributed by atoms with van der Waals surface area (Å²) in [5, 5.41) is 2.58. The Bertz CT molecular complexity index is 759. The highest BCUT2D eigenvalue weighted by atomic mass is 16.6. The molecule has 0 aliphatic heterocycles. The van der Waals surface area contributed by atoms with Crippen LogP contribution < -0.4 is 15.8 Å². The number of nitrogens with two attached hydrogens (primary N) is 1. The SMILES string of the molecule is Cn1cc(NC(=O)OC(C)(C)C)cc1C(=O)Oc1cccc(N)c1. The lowest BCUT2D eigenvalue weighted by atomic mass is 10.2. The highest BCUT2D eigenvalue weighted by Gasteiger charge is 2.19. The van der Waals surface area contributed by atoms with Gasteiger partial charge < -0.3 is 19.8 Å². The van der Waals surface area contributed by atoms with E-state index in [4.69, 9.17) is 15.2 Å². The molecule has 2 rings (SSSR count). The molecular formula is C17H21N3O4. The number of aryl methyl sites for hydroxylation is 1. The Kier molecular flexibility index (Phi) is 4.82. The predicted molar refractivity (Wildman–Crippen MR) is 91.1 cm³/mol. The van der Waals surface area contributed by atoms with Gasteiger partial charge in [-0.3, -0.25) is 5.32 Å². The summed E-state index contributed by atoms with van der Waals surface area (Å²) in [7, 11) is 1.68. The first-order chi connectivity index (χ1) is 11.1. The first kappa shape index (κ1) is 17.4. The van der Waals surface area contributed by atoms with E-state index in [1.165, 1.54) is 6.07 Å². The molecule has 24 heavy (non-hydrogen) atoms. The van der Waals surface area contributed by atoms with Crippen molar-refractivity contribution in [1.82, 2.24) is 4.57 Å². The second-order valence-electron chi connectivity index (χ2n) is 6.31. The smallest absolute Gasteiger partial charge is 0.412 e. The van der Waals surface area contributed by atoms with Crippen molar-refractivity contribution in [2.75, 3.05) is 11.1 Å². The fourth-order valence-corrected chi connectivity index (χ4v) is 1.99. The molecule has 0 saturated heterocycles. The summed E-state index contributed by atoms with van der Waals surface area (Å²) in [6.07, 6.45) is 1.00. The Labute approximate surface area is 140 Å². The number of aromatic nitrogens is 1. The van der Waals surface area contributed by atoms with E-state index in [2.05, 4.69) is 5.32 Å². The van der Waals surface area contributed by atoms with Crippen molar-refractivity contribution in [1.29, 1.82) is 0 Å². The lowest BCUT2D eigenvalue weighted by Crippen LogP contribution is -2.27. The Balaban J connectivity index is 2.08. The van der Waals surface area contributed by atoms with Crippen LogP contribution in [0.15, 0.2) is 36.5 Å². The van der Waals surface area contributed by atoms with Crippen molar-refractivity contribution in [3.05, 3.63) is 42.2 Å². The van der Waals surface area contributed by atoms with E-state index in [0.717, 1.165) is 0 Å². The molecule has 1 heterocycles. The third kappa shape index (κ3) is 4.77. The van der Waals surface area contributed by atoms with Gasteiger partial charge in [0.25, 0.3) is 0 Å². The van der Waals surface area contributed by atoms with E-state index in [1.54, 1.807) is 62.8 Å². The van der Waals surface area contributed by atoms with Crippen LogP contribution in [-0.4, -0.2) is 22.2 Å². The van der Waals surface area contributed by atoms with Gasteiger partial charge >= 0.3 is 12.1 Å². The van der Waals surface area contributed by atoms with Gasteiger partial charge in [-0.2, -0.15) is 0 Å². The van der Waals surface area contributed by atoms with Crippen molar-refractivity contribution >= 4 is 23.4 Å². The maximum absolute atomic E-state index is 12.2. The maximum atomic E-state index is 12.2. The topological polar surface area (TPSA) is 95.6 Å². The second-order valence-corrected chi connectivity index (χ2v) is 6.31. The molecule has 0 unspecified atom stereocenters. The van der Waals surface area contributed by atoms with E-state index in [1.807, 2.05) is 0 Å². The number of nitrogen functional groups attached to an aromatic ring is 1. The Morgan fingerprint density at radius 3 is 2.54 bits per heavy atom. The number of hydrogen-bond acceptors (Lipinski definition) is 5. The molecule has 1 aromatic heterocycles. The molecule has 3 N–H and O–H groups in total. The number of ether oxygens (including phenoxy) is 2. The second kappa shape index (κ2) is 6.66. The summed E-state index contributed by atoms with van der Waals surface area (Å²) in [5.74, 6) is -0.205. The van der Waals surface area contributed by atoms with E-state index < -0.39 is 17.7 Å². The molecule has 0 fully saturated rings. The monoisotopic (exact) mass is 331 g/mol. The number of hydrogen-bond donors (Lipinski definition) is 2. The summed E-state index contributed by atoms with van der Waals surface area (Å²) in [6, 6.07) is 8.09. The molecule has 0 bridgehead atoms. The van der Waals surface area contributed by atoms with Crippen molar-refractivity contribution in [3.63, 3.8) is 0 Å². The normalized spacial score (nSPS) is 11.0. The molecule has 7 heteroatoms. The van der Waals surface area contributed by atoms with E-state index >= 15 is 0 Å². The van der Waals surface area contributed by atoms with Crippen LogP contribution in [0.5, 0.6) is 5.75 Å². The number of nitrogens with one attached hydrogen (secondary N) is 1. The van der Waals surface area contributed by atoms with Crippen LogP contribution >= 0.6 is 0 Å². The molecule has 2 aromatic rings. The Hall–Kier alpha value is -2.96. The van der Waals surface area contributed by atoms with Gasteiger partial charge in [0.05, 0.1) is 5.69 Å². The van der Waals surface area contributed by atoms with Crippen LogP contribution in [0.3, 0.4) is 0 Å². The van der Waals surface area contributed by atoms with Gasteiger partial charge in [-0.15, -0.1) is 0 Å². The molecule has 0 atom stereocenters. The summed E-state index contributed by atoms with van der Waals surface area (Å²) in [6.45, 7) is 5.31. The maximum Gasteiger partial charge on any atom is 0.412 e. The van der Waals surface area contributed by atoms with Crippen LogP contribution in [0, 0.1) is 0 Å². The molecule has 0 spiro atoms. The molecule has 0 saturated carbocycles. The minimum Gasteiger partial charge on any atom is -0.444 e.